The van der Waals surface area contributed by atoms with Crippen molar-refractivity contribution >= 4 is 34.9 Å². The van der Waals surface area contributed by atoms with Gasteiger partial charge in [0.15, 0.2) is 5.69 Å². The lowest BCUT2D eigenvalue weighted by molar-refractivity contribution is -0.149. The highest BCUT2D eigenvalue weighted by atomic mass is 32.1. The number of nitrogens with one attached hydrogen (secondary N) is 1. The summed E-state index contributed by atoms with van der Waals surface area (Å²) < 4.78 is 6.53. The first kappa shape index (κ1) is 19.1. The number of piperidine rings is 1. The molecule has 1 saturated heterocycles. The molecule has 0 unspecified atom stereocenters. The van der Waals surface area contributed by atoms with E-state index in [4.69, 9.17) is 4.74 Å². The largest absolute Gasteiger partial charge is 0.466 e. The number of hydrogen-bond acceptors (Lipinski definition) is 6. The van der Waals surface area contributed by atoms with Gasteiger partial charge in [0.25, 0.3) is 11.8 Å². The van der Waals surface area contributed by atoms with E-state index in [1.165, 1.54) is 16.0 Å². The summed E-state index contributed by atoms with van der Waals surface area (Å²) in [6.07, 6.45) is 1.17. The maximum absolute atomic E-state index is 12.7. The summed E-state index contributed by atoms with van der Waals surface area (Å²) in [6, 6.07) is 5.11. The molecule has 0 saturated carbocycles. The minimum Gasteiger partial charge on any atom is -0.466 e. The lowest BCUT2D eigenvalue weighted by Gasteiger charge is -2.30. The van der Waals surface area contributed by atoms with E-state index < -0.39 is 0 Å². The summed E-state index contributed by atoms with van der Waals surface area (Å²) in [5.74, 6) is -0.329. The zero-order valence-corrected chi connectivity index (χ0v) is 16.1. The van der Waals surface area contributed by atoms with E-state index in [9.17, 15) is 14.4 Å². The first-order chi connectivity index (χ1) is 13.0. The fourth-order valence-electron chi connectivity index (χ4n) is 3.01. The number of aryl methyl sites for hydroxylation is 1. The molecule has 2 amide bonds. The molecule has 0 aromatic carbocycles. The van der Waals surface area contributed by atoms with Gasteiger partial charge in [-0.25, -0.2) is 0 Å². The number of hydrogen-bond donors (Lipinski definition) is 1. The Hall–Kier alpha value is -2.68. The van der Waals surface area contributed by atoms with Crippen LogP contribution in [0.4, 0.5) is 5.82 Å². The van der Waals surface area contributed by atoms with Gasteiger partial charge in [0, 0.05) is 26.2 Å². The van der Waals surface area contributed by atoms with E-state index in [0.717, 1.165) is 0 Å². The van der Waals surface area contributed by atoms with Crippen molar-refractivity contribution in [2.75, 3.05) is 25.0 Å². The molecule has 0 bridgehead atoms. The molecule has 1 aliphatic heterocycles. The van der Waals surface area contributed by atoms with E-state index in [-0.39, 0.29) is 29.4 Å². The Kier molecular flexibility index (Phi) is 5.90. The van der Waals surface area contributed by atoms with Crippen LogP contribution in [0.25, 0.3) is 0 Å². The van der Waals surface area contributed by atoms with E-state index in [0.29, 0.717) is 43.2 Å². The molecule has 0 radical (unpaired) electrons. The van der Waals surface area contributed by atoms with Gasteiger partial charge < -0.3 is 15.0 Å². The van der Waals surface area contributed by atoms with Crippen molar-refractivity contribution < 1.29 is 19.1 Å². The molecule has 8 nitrogen and oxygen atoms in total. The molecule has 3 heterocycles. The molecule has 2 aromatic rings. The number of likely N-dealkylation sites (tertiary alicyclic amines) is 1. The number of amides is 2. The molecule has 1 N–H and O–H groups in total. The average molecular weight is 390 g/mol. The molecule has 1 aliphatic rings. The van der Waals surface area contributed by atoms with Gasteiger partial charge in [-0.05, 0) is 31.2 Å². The summed E-state index contributed by atoms with van der Waals surface area (Å²) >= 11 is 1.34. The number of carbonyl (C=O) groups is 3. The Bertz CT molecular complexity index is 823. The van der Waals surface area contributed by atoms with Crippen molar-refractivity contribution in [1.29, 1.82) is 0 Å². The van der Waals surface area contributed by atoms with Crippen molar-refractivity contribution in [2.45, 2.75) is 19.8 Å². The van der Waals surface area contributed by atoms with Crippen molar-refractivity contribution in [3.8, 4) is 0 Å². The highest BCUT2D eigenvalue weighted by Crippen LogP contribution is 2.21. The molecular weight excluding hydrogens is 368 g/mol. The van der Waals surface area contributed by atoms with Gasteiger partial charge in [0.1, 0.15) is 5.82 Å². The van der Waals surface area contributed by atoms with Crippen LogP contribution in [-0.4, -0.2) is 52.2 Å². The van der Waals surface area contributed by atoms with Gasteiger partial charge in [-0.2, -0.15) is 5.10 Å². The minimum atomic E-state index is -0.234. The SMILES string of the molecule is CCOC(=O)C1CCN(C(=O)c2cc(NC(=O)c3cccs3)n(C)n2)CC1. The van der Waals surface area contributed by atoms with Gasteiger partial charge >= 0.3 is 5.97 Å². The van der Waals surface area contributed by atoms with Gasteiger partial charge in [0.2, 0.25) is 0 Å². The Balaban J connectivity index is 1.61. The highest BCUT2D eigenvalue weighted by molar-refractivity contribution is 7.12. The van der Waals surface area contributed by atoms with Gasteiger partial charge in [-0.1, -0.05) is 6.07 Å². The fourth-order valence-corrected chi connectivity index (χ4v) is 3.63. The van der Waals surface area contributed by atoms with Crippen LogP contribution in [0.1, 0.15) is 39.9 Å². The number of aromatic nitrogens is 2. The van der Waals surface area contributed by atoms with Crippen LogP contribution in [0, 0.1) is 5.92 Å². The van der Waals surface area contributed by atoms with Crippen molar-refractivity contribution in [3.63, 3.8) is 0 Å². The van der Waals surface area contributed by atoms with Crippen molar-refractivity contribution in [3.05, 3.63) is 34.2 Å². The average Bonchev–Trinajstić information content (AvgIpc) is 3.32. The molecule has 0 spiro atoms. The van der Waals surface area contributed by atoms with Gasteiger partial charge in [-0.3, -0.25) is 19.1 Å². The summed E-state index contributed by atoms with van der Waals surface area (Å²) in [4.78, 5) is 39.0. The first-order valence-electron chi connectivity index (χ1n) is 8.84. The molecule has 144 valence electrons. The molecule has 3 rings (SSSR count). The second kappa shape index (κ2) is 8.34. The molecule has 0 atom stereocenters. The third kappa shape index (κ3) is 4.36. The van der Waals surface area contributed by atoms with E-state index in [2.05, 4.69) is 10.4 Å². The quantitative estimate of drug-likeness (QED) is 0.790. The van der Waals surface area contributed by atoms with Gasteiger partial charge in [0.05, 0.1) is 17.4 Å². The minimum absolute atomic E-state index is 0.154. The smallest absolute Gasteiger partial charge is 0.309 e. The fraction of sp³-hybridized carbons (Fsp3) is 0.444. The standard InChI is InChI=1S/C18H22N4O4S/c1-3-26-18(25)12-6-8-22(9-7-12)17(24)13-11-15(21(2)20-13)19-16(23)14-5-4-10-27-14/h4-5,10-12H,3,6-9H2,1-2H3,(H,19,23). The number of anilines is 1. The maximum atomic E-state index is 12.7. The number of ether oxygens (including phenoxy) is 1. The lowest BCUT2D eigenvalue weighted by atomic mass is 9.97. The highest BCUT2D eigenvalue weighted by Gasteiger charge is 2.29. The molecule has 0 aliphatic carbocycles. The second-order valence-corrected chi connectivity index (χ2v) is 7.24. The number of thiophene rings is 1. The summed E-state index contributed by atoms with van der Waals surface area (Å²) in [5.41, 5.74) is 0.272. The number of esters is 1. The van der Waals surface area contributed by atoms with Gasteiger partial charge in [-0.15, -0.1) is 11.3 Å². The normalized spacial score (nSPS) is 14.8. The topological polar surface area (TPSA) is 93.5 Å². The third-order valence-corrected chi connectivity index (χ3v) is 5.36. The van der Waals surface area contributed by atoms with Crippen LogP contribution in [0.5, 0.6) is 0 Å². The maximum Gasteiger partial charge on any atom is 0.309 e. The van der Waals surface area contributed by atoms with Crippen LogP contribution in [0.3, 0.4) is 0 Å². The predicted molar refractivity (Wildman–Crippen MR) is 101 cm³/mol. The van der Waals surface area contributed by atoms with Crippen LogP contribution in [0.2, 0.25) is 0 Å². The van der Waals surface area contributed by atoms with Crippen molar-refractivity contribution in [1.82, 2.24) is 14.7 Å². The van der Waals surface area contributed by atoms with Crippen LogP contribution in [-0.2, 0) is 16.6 Å². The molecule has 1 fully saturated rings. The predicted octanol–water partition coefficient (Wildman–Crippen LogP) is 2.15. The Morgan fingerprint density at radius 3 is 2.70 bits per heavy atom. The zero-order valence-electron chi connectivity index (χ0n) is 15.3. The third-order valence-electron chi connectivity index (χ3n) is 4.49. The Labute approximate surface area is 161 Å². The zero-order chi connectivity index (χ0) is 19.4. The van der Waals surface area contributed by atoms with E-state index in [1.54, 1.807) is 37.1 Å². The Morgan fingerprint density at radius 1 is 1.33 bits per heavy atom. The summed E-state index contributed by atoms with van der Waals surface area (Å²) in [7, 11) is 1.67. The summed E-state index contributed by atoms with van der Waals surface area (Å²) in [6.45, 7) is 3.11. The molecule has 27 heavy (non-hydrogen) atoms. The van der Waals surface area contributed by atoms with E-state index >= 15 is 0 Å². The van der Waals surface area contributed by atoms with Crippen LogP contribution >= 0.6 is 11.3 Å². The molecular formula is C18H22N4O4S. The monoisotopic (exact) mass is 390 g/mol. The molecule has 2 aromatic heterocycles. The number of rotatable bonds is 5. The number of nitrogens with zero attached hydrogens (tertiary/aromatic N) is 3. The molecule has 9 heteroatoms. The van der Waals surface area contributed by atoms with Crippen LogP contribution in [0.15, 0.2) is 23.6 Å². The van der Waals surface area contributed by atoms with Crippen molar-refractivity contribution in [2.24, 2.45) is 13.0 Å². The van der Waals surface area contributed by atoms with E-state index in [1.807, 2.05) is 5.38 Å². The lowest BCUT2D eigenvalue weighted by Crippen LogP contribution is -2.40. The number of carbonyl (C=O) groups excluding carboxylic acids is 3. The van der Waals surface area contributed by atoms with Crippen LogP contribution < -0.4 is 5.32 Å². The summed E-state index contributed by atoms with van der Waals surface area (Å²) in [5, 5.41) is 8.82. The second-order valence-electron chi connectivity index (χ2n) is 6.29. The Morgan fingerprint density at radius 2 is 2.07 bits per heavy atom. The first-order valence-corrected chi connectivity index (χ1v) is 9.72.